The molecule has 0 saturated carbocycles. The largest absolute Gasteiger partial charge is 0.493 e. The Morgan fingerprint density at radius 2 is 2.16 bits per heavy atom. The van der Waals surface area contributed by atoms with Crippen molar-refractivity contribution in [1.29, 1.82) is 0 Å². The summed E-state index contributed by atoms with van der Waals surface area (Å²) in [6, 6.07) is 3.71. The van der Waals surface area contributed by atoms with E-state index in [1.54, 1.807) is 13.2 Å². The van der Waals surface area contributed by atoms with E-state index in [2.05, 4.69) is 28.2 Å². The smallest absolute Gasteiger partial charge is 0.255 e. The lowest BCUT2D eigenvalue weighted by Crippen LogP contribution is -2.82. The summed E-state index contributed by atoms with van der Waals surface area (Å²) in [5.41, 5.74) is 6.18. The molecule has 5 nitrogen and oxygen atoms in total. The standard InChI is InChI=1S/C13H19BrN2O3/c1-3-4-16-7-9-5-11(18-2)12(6-10(9)14)19-8-13(15)17/h5-6,16H,3-4,7-8H2,1-2H3,(H2,15,17)/p+1. The van der Waals surface area contributed by atoms with Crippen LogP contribution in [0, 0.1) is 0 Å². The minimum atomic E-state index is -0.515. The Kier molecular flexibility index (Phi) is 6.66. The van der Waals surface area contributed by atoms with Gasteiger partial charge >= 0.3 is 0 Å². The van der Waals surface area contributed by atoms with Crippen molar-refractivity contribution in [2.45, 2.75) is 19.9 Å². The van der Waals surface area contributed by atoms with Crippen molar-refractivity contribution >= 4 is 21.8 Å². The summed E-state index contributed by atoms with van der Waals surface area (Å²) in [6.45, 7) is 3.92. The van der Waals surface area contributed by atoms with Crippen LogP contribution < -0.4 is 20.5 Å². The molecule has 4 N–H and O–H groups in total. The van der Waals surface area contributed by atoms with E-state index in [-0.39, 0.29) is 6.61 Å². The lowest BCUT2D eigenvalue weighted by molar-refractivity contribution is -0.670. The van der Waals surface area contributed by atoms with Crippen molar-refractivity contribution in [1.82, 2.24) is 0 Å². The summed E-state index contributed by atoms with van der Waals surface area (Å²) in [4.78, 5) is 10.7. The number of methoxy groups -OCH3 is 1. The molecule has 19 heavy (non-hydrogen) atoms. The molecule has 0 bridgehead atoms. The predicted molar refractivity (Wildman–Crippen MR) is 76.2 cm³/mol. The average Bonchev–Trinajstić information content (AvgIpc) is 2.38. The van der Waals surface area contributed by atoms with Gasteiger partial charge in [0, 0.05) is 10.0 Å². The Hall–Kier alpha value is -1.27. The number of rotatable bonds is 8. The molecule has 1 aromatic carbocycles. The van der Waals surface area contributed by atoms with Crippen LogP contribution in [-0.4, -0.2) is 26.2 Å². The third kappa shape index (κ3) is 5.08. The minimum absolute atomic E-state index is 0.163. The summed E-state index contributed by atoms with van der Waals surface area (Å²) in [5, 5.41) is 2.23. The molecule has 0 saturated heterocycles. The first-order chi connectivity index (χ1) is 9.08. The fourth-order valence-electron chi connectivity index (χ4n) is 1.62. The van der Waals surface area contributed by atoms with Crippen LogP contribution in [0.15, 0.2) is 16.6 Å². The molecule has 0 radical (unpaired) electrons. The van der Waals surface area contributed by atoms with Crippen LogP contribution in [-0.2, 0) is 11.3 Å². The number of halogens is 1. The van der Waals surface area contributed by atoms with E-state index in [9.17, 15) is 4.79 Å². The first-order valence-electron chi connectivity index (χ1n) is 6.17. The molecule has 1 amide bonds. The van der Waals surface area contributed by atoms with Gasteiger partial charge in [-0.25, -0.2) is 0 Å². The van der Waals surface area contributed by atoms with Crippen molar-refractivity contribution in [3.63, 3.8) is 0 Å². The van der Waals surface area contributed by atoms with Gasteiger partial charge in [0.25, 0.3) is 5.91 Å². The zero-order valence-electron chi connectivity index (χ0n) is 11.2. The molecule has 0 aliphatic heterocycles. The molecular formula is C13H20BrN2O3+. The van der Waals surface area contributed by atoms with Crippen LogP contribution in [0.1, 0.15) is 18.9 Å². The van der Waals surface area contributed by atoms with Crippen molar-refractivity contribution in [3.05, 3.63) is 22.2 Å². The summed E-state index contributed by atoms with van der Waals surface area (Å²) >= 11 is 3.50. The molecule has 1 rings (SSSR count). The van der Waals surface area contributed by atoms with Crippen LogP contribution >= 0.6 is 15.9 Å². The van der Waals surface area contributed by atoms with E-state index in [0.717, 1.165) is 29.5 Å². The average molecular weight is 332 g/mol. The SMILES string of the molecule is CCC[NH2+]Cc1cc(OC)c(OCC(N)=O)cc1Br. The monoisotopic (exact) mass is 331 g/mol. The van der Waals surface area contributed by atoms with Gasteiger partial charge in [0.15, 0.2) is 18.1 Å². The number of carbonyl (C=O) groups excluding carboxylic acids is 1. The van der Waals surface area contributed by atoms with Gasteiger partial charge in [-0.15, -0.1) is 0 Å². The van der Waals surface area contributed by atoms with Gasteiger partial charge in [-0.2, -0.15) is 0 Å². The second kappa shape index (κ2) is 8.01. The number of hydrogen-bond acceptors (Lipinski definition) is 3. The molecule has 106 valence electrons. The topological polar surface area (TPSA) is 78.2 Å². The lowest BCUT2D eigenvalue weighted by atomic mass is 10.2. The highest BCUT2D eigenvalue weighted by Crippen LogP contribution is 2.33. The zero-order chi connectivity index (χ0) is 14.3. The Labute approximate surface area is 121 Å². The maximum atomic E-state index is 10.7. The maximum absolute atomic E-state index is 10.7. The molecule has 0 spiro atoms. The van der Waals surface area contributed by atoms with Crippen molar-refractivity contribution in [3.8, 4) is 11.5 Å². The van der Waals surface area contributed by atoms with E-state index in [1.165, 1.54) is 0 Å². The van der Waals surface area contributed by atoms with Gasteiger partial charge in [0.05, 0.1) is 13.7 Å². The highest BCUT2D eigenvalue weighted by molar-refractivity contribution is 9.10. The van der Waals surface area contributed by atoms with Gasteiger partial charge < -0.3 is 20.5 Å². The number of carbonyl (C=O) groups is 1. The Morgan fingerprint density at radius 1 is 1.42 bits per heavy atom. The molecule has 1 aromatic rings. The van der Waals surface area contributed by atoms with Gasteiger partial charge in [-0.1, -0.05) is 22.9 Å². The minimum Gasteiger partial charge on any atom is -0.493 e. The van der Waals surface area contributed by atoms with Crippen LogP contribution in [0.5, 0.6) is 11.5 Å². The van der Waals surface area contributed by atoms with Gasteiger partial charge in [-0.05, 0) is 18.6 Å². The molecule has 0 heterocycles. The molecular weight excluding hydrogens is 312 g/mol. The van der Waals surface area contributed by atoms with E-state index < -0.39 is 5.91 Å². The fourth-order valence-corrected chi connectivity index (χ4v) is 2.10. The van der Waals surface area contributed by atoms with Crippen LogP contribution in [0.25, 0.3) is 0 Å². The Balaban J connectivity index is 2.83. The summed E-state index contributed by atoms with van der Waals surface area (Å²) in [5.74, 6) is 0.593. The van der Waals surface area contributed by atoms with E-state index in [4.69, 9.17) is 15.2 Å². The first-order valence-corrected chi connectivity index (χ1v) is 6.97. The molecule has 0 unspecified atom stereocenters. The van der Waals surface area contributed by atoms with Gasteiger partial charge in [-0.3, -0.25) is 4.79 Å². The lowest BCUT2D eigenvalue weighted by Gasteiger charge is -2.12. The number of primary amides is 1. The second-order valence-electron chi connectivity index (χ2n) is 4.13. The number of benzene rings is 1. The predicted octanol–water partition coefficient (Wildman–Crippen LogP) is 0.795. The number of quaternary nitrogens is 1. The molecule has 0 aliphatic rings. The van der Waals surface area contributed by atoms with E-state index in [0.29, 0.717) is 11.5 Å². The highest BCUT2D eigenvalue weighted by atomic mass is 79.9. The van der Waals surface area contributed by atoms with Crippen LogP contribution in [0.3, 0.4) is 0 Å². The molecule has 0 atom stereocenters. The third-order valence-corrected chi connectivity index (χ3v) is 3.30. The number of amides is 1. The fraction of sp³-hybridized carbons (Fsp3) is 0.462. The van der Waals surface area contributed by atoms with Gasteiger partial charge in [0.2, 0.25) is 0 Å². The number of nitrogens with two attached hydrogens (primary N) is 2. The number of hydrogen-bond donors (Lipinski definition) is 2. The summed E-state index contributed by atoms with van der Waals surface area (Å²) < 4.78 is 11.5. The zero-order valence-corrected chi connectivity index (χ0v) is 12.8. The van der Waals surface area contributed by atoms with Gasteiger partial charge in [0.1, 0.15) is 6.54 Å². The van der Waals surface area contributed by atoms with Crippen molar-refractivity contribution < 1.29 is 19.6 Å². The summed E-state index contributed by atoms with van der Waals surface area (Å²) in [6.07, 6.45) is 1.13. The second-order valence-corrected chi connectivity index (χ2v) is 4.99. The van der Waals surface area contributed by atoms with Crippen molar-refractivity contribution in [2.75, 3.05) is 20.3 Å². The highest BCUT2D eigenvalue weighted by Gasteiger charge is 2.12. The number of ether oxygens (including phenoxy) is 2. The first kappa shape index (κ1) is 15.8. The van der Waals surface area contributed by atoms with E-state index in [1.807, 2.05) is 6.07 Å². The molecule has 0 fully saturated rings. The molecule has 0 aliphatic carbocycles. The normalized spacial score (nSPS) is 10.3. The maximum Gasteiger partial charge on any atom is 0.255 e. The summed E-state index contributed by atoms with van der Waals surface area (Å²) in [7, 11) is 1.57. The Bertz CT molecular complexity index is 438. The van der Waals surface area contributed by atoms with E-state index >= 15 is 0 Å². The molecule has 6 heteroatoms. The molecule has 0 aromatic heterocycles. The van der Waals surface area contributed by atoms with Crippen molar-refractivity contribution in [2.24, 2.45) is 5.73 Å². The third-order valence-electron chi connectivity index (χ3n) is 2.56. The quantitative estimate of drug-likeness (QED) is 0.691. The van der Waals surface area contributed by atoms with Crippen LogP contribution in [0.4, 0.5) is 0 Å². The Morgan fingerprint density at radius 3 is 2.74 bits per heavy atom. The van der Waals surface area contributed by atoms with Crippen LogP contribution in [0.2, 0.25) is 0 Å².